The van der Waals surface area contributed by atoms with Gasteiger partial charge in [0.1, 0.15) is 0 Å². The fraction of sp³-hybridized carbons (Fsp3) is 0.500. The van der Waals surface area contributed by atoms with Crippen LogP contribution >= 0.6 is 11.8 Å². The minimum absolute atomic E-state index is 0.00964. The van der Waals surface area contributed by atoms with Gasteiger partial charge in [-0.3, -0.25) is 10.1 Å². The van der Waals surface area contributed by atoms with Gasteiger partial charge < -0.3 is 10.1 Å². The van der Waals surface area contributed by atoms with E-state index in [0.717, 1.165) is 30.2 Å². The zero-order valence-electron chi connectivity index (χ0n) is 10.6. The average molecular weight is 270 g/mol. The predicted molar refractivity (Wildman–Crippen MR) is 75.8 cm³/mol. The molecule has 0 spiro atoms. The van der Waals surface area contributed by atoms with Crippen LogP contribution in [0.25, 0.3) is 0 Å². The van der Waals surface area contributed by atoms with Gasteiger partial charge in [-0.15, -0.1) is 0 Å². The molecule has 1 N–H and O–H groups in total. The van der Waals surface area contributed by atoms with Crippen molar-refractivity contribution in [3.8, 4) is 5.75 Å². The summed E-state index contributed by atoms with van der Waals surface area (Å²) in [4.78, 5) is 10.3. The highest BCUT2D eigenvalue weighted by Gasteiger charge is 2.14. The summed E-state index contributed by atoms with van der Waals surface area (Å²) < 4.78 is 5.01. The number of hydrogen-bond acceptors (Lipinski definition) is 5. The van der Waals surface area contributed by atoms with E-state index in [1.807, 2.05) is 11.8 Å². The number of rotatable bonds is 8. The van der Waals surface area contributed by atoms with Crippen molar-refractivity contribution in [2.24, 2.45) is 0 Å². The number of methoxy groups -OCH3 is 1. The highest BCUT2D eigenvalue weighted by atomic mass is 32.2. The van der Waals surface area contributed by atoms with Crippen LogP contribution in [0.1, 0.15) is 13.3 Å². The Balaban J connectivity index is 2.54. The number of hydrogen-bond donors (Lipinski definition) is 1. The molecule has 0 atom stereocenters. The monoisotopic (exact) mass is 270 g/mol. The van der Waals surface area contributed by atoms with Crippen molar-refractivity contribution in [2.75, 3.05) is 30.5 Å². The summed E-state index contributed by atoms with van der Waals surface area (Å²) >= 11 is 1.90. The molecule has 0 unspecified atom stereocenters. The van der Waals surface area contributed by atoms with Crippen molar-refractivity contribution in [1.29, 1.82) is 0 Å². The van der Waals surface area contributed by atoms with Gasteiger partial charge in [-0.2, -0.15) is 11.8 Å². The van der Waals surface area contributed by atoms with Crippen LogP contribution < -0.4 is 10.1 Å². The molecule has 0 heterocycles. The largest absolute Gasteiger partial charge is 0.490 e. The van der Waals surface area contributed by atoms with Crippen LogP contribution in [0.3, 0.4) is 0 Å². The fourth-order valence-corrected chi connectivity index (χ4v) is 2.13. The summed E-state index contributed by atoms with van der Waals surface area (Å²) in [6.07, 6.45) is 1.07. The van der Waals surface area contributed by atoms with Crippen molar-refractivity contribution in [3.63, 3.8) is 0 Å². The lowest BCUT2D eigenvalue weighted by Gasteiger charge is -2.08. The smallest absolute Gasteiger partial charge is 0.311 e. The first-order chi connectivity index (χ1) is 8.69. The molecule has 0 fully saturated rings. The van der Waals surface area contributed by atoms with Crippen LogP contribution in [-0.4, -0.2) is 30.1 Å². The summed E-state index contributed by atoms with van der Waals surface area (Å²) in [7, 11) is 1.43. The second-order valence-corrected chi connectivity index (χ2v) is 5.01. The predicted octanol–water partition coefficient (Wildman–Crippen LogP) is 3.16. The maximum Gasteiger partial charge on any atom is 0.311 e. The number of benzene rings is 1. The van der Waals surface area contributed by atoms with E-state index in [0.29, 0.717) is 0 Å². The second kappa shape index (κ2) is 7.81. The van der Waals surface area contributed by atoms with Gasteiger partial charge in [0.2, 0.25) is 0 Å². The minimum atomic E-state index is -0.444. The standard InChI is InChI=1S/C12H18N2O3S/c1-3-18-8-4-7-13-10-5-6-11(14(15)16)12(9-10)17-2/h5-6,9,13H,3-4,7-8H2,1-2H3. The molecule has 0 saturated heterocycles. The topological polar surface area (TPSA) is 64.4 Å². The fourth-order valence-electron chi connectivity index (χ4n) is 1.49. The van der Waals surface area contributed by atoms with Crippen LogP contribution in [0.4, 0.5) is 11.4 Å². The van der Waals surface area contributed by atoms with E-state index < -0.39 is 4.92 Å². The van der Waals surface area contributed by atoms with Crippen LogP contribution in [-0.2, 0) is 0 Å². The third-order valence-electron chi connectivity index (χ3n) is 2.38. The molecule has 0 amide bonds. The molecule has 1 aromatic carbocycles. The summed E-state index contributed by atoms with van der Waals surface area (Å²) in [5.74, 6) is 2.53. The number of ether oxygens (including phenoxy) is 1. The van der Waals surface area contributed by atoms with Crippen LogP contribution in [0.15, 0.2) is 18.2 Å². The molecule has 0 saturated carbocycles. The summed E-state index contributed by atoms with van der Waals surface area (Å²) in [6, 6.07) is 4.82. The molecule has 0 aliphatic rings. The number of nitrogens with one attached hydrogen (secondary N) is 1. The number of nitro groups is 1. The molecule has 100 valence electrons. The molecule has 0 aliphatic carbocycles. The van der Waals surface area contributed by atoms with Crippen molar-refractivity contribution >= 4 is 23.1 Å². The molecule has 6 heteroatoms. The van der Waals surface area contributed by atoms with E-state index in [9.17, 15) is 10.1 Å². The third-order valence-corrected chi connectivity index (χ3v) is 3.36. The molecule has 1 rings (SSSR count). The van der Waals surface area contributed by atoms with E-state index in [1.165, 1.54) is 13.2 Å². The Bertz CT molecular complexity index is 399. The van der Waals surface area contributed by atoms with Crippen molar-refractivity contribution in [1.82, 2.24) is 0 Å². The zero-order chi connectivity index (χ0) is 13.4. The molecule has 0 bridgehead atoms. The molecule has 18 heavy (non-hydrogen) atoms. The van der Waals surface area contributed by atoms with Crippen molar-refractivity contribution < 1.29 is 9.66 Å². The Morgan fingerprint density at radius 2 is 2.28 bits per heavy atom. The summed E-state index contributed by atoms with van der Waals surface area (Å²) in [5, 5.41) is 14.0. The molecule has 1 aromatic rings. The minimum Gasteiger partial charge on any atom is -0.490 e. The molecule has 5 nitrogen and oxygen atoms in total. The quantitative estimate of drug-likeness (QED) is 0.446. The second-order valence-electron chi connectivity index (χ2n) is 3.62. The van der Waals surface area contributed by atoms with E-state index in [4.69, 9.17) is 4.74 Å². The lowest BCUT2D eigenvalue weighted by atomic mass is 10.2. The highest BCUT2D eigenvalue weighted by Crippen LogP contribution is 2.29. The van der Waals surface area contributed by atoms with E-state index >= 15 is 0 Å². The van der Waals surface area contributed by atoms with Gasteiger partial charge in [-0.25, -0.2) is 0 Å². The van der Waals surface area contributed by atoms with E-state index in [1.54, 1.807) is 12.1 Å². The van der Waals surface area contributed by atoms with E-state index in [2.05, 4.69) is 12.2 Å². The van der Waals surface area contributed by atoms with Crippen molar-refractivity contribution in [2.45, 2.75) is 13.3 Å². The van der Waals surface area contributed by atoms with Crippen LogP contribution in [0, 0.1) is 10.1 Å². The van der Waals surface area contributed by atoms with Gasteiger partial charge in [0, 0.05) is 24.4 Å². The Labute approximate surface area is 111 Å². The van der Waals surface area contributed by atoms with Gasteiger partial charge in [0.25, 0.3) is 0 Å². The maximum absolute atomic E-state index is 10.7. The van der Waals surface area contributed by atoms with Crippen LogP contribution in [0.2, 0.25) is 0 Å². The highest BCUT2D eigenvalue weighted by molar-refractivity contribution is 7.99. The first-order valence-electron chi connectivity index (χ1n) is 5.83. The third kappa shape index (κ3) is 4.44. The Kier molecular flexibility index (Phi) is 6.35. The van der Waals surface area contributed by atoms with Crippen LogP contribution in [0.5, 0.6) is 5.75 Å². The average Bonchev–Trinajstić information content (AvgIpc) is 2.38. The molecule has 0 radical (unpaired) electrons. The first kappa shape index (κ1) is 14.6. The Morgan fingerprint density at radius 1 is 1.50 bits per heavy atom. The Morgan fingerprint density at radius 3 is 2.89 bits per heavy atom. The molecular weight excluding hydrogens is 252 g/mol. The number of thioether (sulfide) groups is 1. The van der Waals surface area contributed by atoms with Gasteiger partial charge >= 0.3 is 5.69 Å². The maximum atomic E-state index is 10.7. The van der Waals surface area contributed by atoms with Gasteiger partial charge in [-0.1, -0.05) is 6.92 Å². The SMILES string of the molecule is CCSCCCNc1ccc([N+](=O)[O-])c(OC)c1. The Hall–Kier alpha value is -1.43. The molecule has 0 aromatic heterocycles. The molecule has 0 aliphatic heterocycles. The van der Waals surface area contributed by atoms with E-state index in [-0.39, 0.29) is 11.4 Å². The van der Waals surface area contributed by atoms with Gasteiger partial charge in [-0.05, 0) is 24.0 Å². The summed E-state index contributed by atoms with van der Waals surface area (Å²) in [6.45, 7) is 2.99. The summed E-state index contributed by atoms with van der Waals surface area (Å²) in [5.41, 5.74) is 0.837. The normalized spacial score (nSPS) is 10.1. The number of nitrogens with zero attached hydrogens (tertiary/aromatic N) is 1. The first-order valence-corrected chi connectivity index (χ1v) is 6.98. The number of anilines is 1. The van der Waals surface area contributed by atoms with Gasteiger partial charge in [0.15, 0.2) is 5.75 Å². The van der Waals surface area contributed by atoms with Gasteiger partial charge in [0.05, 0.1) is 12.0 Å². The zero-order valence-corrected chi connectivity index (χ0v) is 11.5. The lowest BCUT2D eigenvalue weighted by molar-refractivity contribution is -0.385. The molecular formula is C12H18N2O3S. The van der Waals surface area contributed by atoms with Crippen molar-refractivity contribution in [3.05, 3.63) is 28.3 Å². The lowest BCUT2D eigenvalue weighted by Crippen LogP contribution is -2.03. The number of nitro benzene ring substituents is 1.